The quantitative estimate of drug-likeness (QED) is 0.507. The third-order valence-corrected chi connectivity index (χ3v) is 5.86. The molecule has 0 bridgehead atoms. The van der Waals surface area contributed by atoms with Gasteiger partial charge in [-0.3, -0.25) is 0 Å². The van der Waals surface area contributed by atoms with E-state index >= 15 is 0 Å². The summed E-state index contributed by atoms with van der Waals surface area (Å²) in [5.74, 6) is 0. The molecule has 0 nitrogen and oxygen atoms in total. The van der Waals surface area contributed by atoms with E-state index in [1.54, 1.807) is 5.57 Å². The van der Waals surface area contributed by atoms with Gasteiger partial charge in [0.2, 0.25) is 0 Å². The van der Waals surface area contributed by atoms with Crippen LogP contribution < -0.4 is 0 Å². The Hall–Kier alpha value is 0.857. The van der Waals surface area contributed by atoms with Crippen LogP contribution in [0.4, 0.5) is 0 Å². The van der Waals surface area contributed by atoms with Crippen LogP contribution in [0.1, 0.15) is 20.8 Å². The van der Waals surface area contributed by atoms with Gasteiger partial charge in [0.05, 0.1) is 0 Å². The summed E-state index contributed by atoms with van der Waals surface area (Å²) in [6.45, 7) is 6.82. The molecule has 66 valence electrons. The van der Waals surface area contributed by atoms with Crippen molar-refractivity contribution in [1.29, 1.82) is 0 Å². The average Bonchev–Trinajstić information content (AvgIpc) is 2.19. The van der Waals surface area contributed by atoms with Crippen molar-refractivity contribution in [2.75, 3.05) is 0 Å². The van der Waals surface area contributed by atoms with E-state index in [9.17, 15) is 0 Å². The summed E-state index contributed by atoms with van der Waals surface area (Å²) in [5, 5.41) is 2.35. The molecule has 0 spiro atoms. The monoisotopic (exact) mass is 512 g/mol. The minimum atomic E-state index is 0. The van der Waals surface area contributed by atoms with Crippen LogP contribution in [0.5, 0.6) is 0 Å². The van der Waals surface area contributed by atoms with Crippen molar-refractivity contribution < 1.29 is 39.6 Å². The van der Waals surface area contributed by atoms with Gasteiger partial charge in [0.1, 0.15) is 0 Å². The predicted molar refractivity (Wildman–Crippen MR) is 41.7 cm³/mol. The van der Waals surface area contributed by atoms with E-state index in [1.807, 2.05) is 0 Å². The zero-order chi connectivity index (χ0) is 7.78. The second kappa shape index (κ2) is 4.19. The molecule has 1 aliphatic carbocycles. The van der Waals surface area contributed by atoms with Crippen LogP contribution in [0.3, 0.4) is 0 Å². The smallest absolute Gasteiger partial charge is 2.00 e. The van der Waals surface area contributed by atoms with Crippen molar-refractivity contribution in [3.8, 4) is 0 Å². The first-order valence-corrected chi connectivity index (χ1v) is 6.79. The van der Waals surface area contributed by atoms with Crippen molar-refractivity contribution in [2.24, 2.45) is 0 Å². The minimum absolute atomic E-state index is 0. The van der Waals surface area contributed by atoms with Gasteiger partial charge in [0, 0.05) is 0 Å². The van der Waals surface area contributed by atoms with E-state index < -0.39 is 0 Å². The fourth-order valence-corrected chi connectivity index (χ4v) is 2.94. The normalized spacial score (nSPS) is 29.5. The van der Waals surface area contributed by atoms with E-state index in [0.717, 1.165) is 0 Å². The molecule has 0 aliphatic heterocycles. The van der Waals surface area contributed by atoms with Gasteiger partial charge < -0.3 is 0 Å². The maximum Gasteiger partial charge on any atom is 2.00 e. The van der Waals surface area contributed by atoms with Gasteiger partial charge in [-0.15, -0.1) is 0 Å². The maximum absolute atomic E-state index is 2.37. The van der Waals surface area contributed by atoms with Gasteiger partial charge >= 0.3 is 92.8 Å². The maximum atomic E-state index is 2.37. The molecule has 11 heavy (non-hydrogen) atoms. The topological polar surface area (TPSA) is 0 Å². The van der Waals surface area contributed by atoms with Crippen molar-refractivity contribution >= 4 is 0 Å². The summed E-state index contributed by atoms with van der Waals surface area (Å²) in [6, 6.07) is 0. The second-order valence-electron chi connectivity index (χ2n) is 2.81. The van der Waals surface area contributed by atoms with Gasteiger partial charge in [0.15, 0.2) is 0 Å². The molecule has 0 fully saturated rings. The molecule has 1 atom stereocenters. The number of hydrogen-bond acceptors (Lipinski definition) is 0. The van der Waals surface area contributed by atoms with Crippen molar-refractivity contribution in [3.63, 3.8) is 0 Å². The van der Waals surface area contributed by atoms with Crippen molar-refractivity contribution in [2.45, 2.75) is 29.9 Å². The first kappa shape index (κ1) is 11.9. The van der Waals surface area contributed by atoms with Crippen LogP contribution in [0.15, 0.2) is 23.3 Å². The molecule has 2 heteroatoms. The third kappa shape index (κ3) is 2.16. The standard InChI is InChI=1S/C8H11.CH3.2Pt/c1-6-4-5-7(2)8(6)3;;;/h4-5H,1-3H3;1H3;;/q;;2*+2. The Bertz CT molecular complexity index is 204. The molecule has 0 aromatic heterocycles. The Labute approximate surface area is 92.3 Å². The van der Waals surface area contributed by atoms with Crippen LogP contribution in [0.25, 0.3) is 0 Å². The molecule has 0 N–H and O–H groups in total. The Kier molecular flexibility index (Phi) is 4.52. The van der Waals surface area contributed by atoms with E-state index in [4.69, 9.17) is 0 Å². The molecule has 0 saturated carbocycles. The fourth-order valence-electron chi connectivity index (χ4n) is 1.07. The van der Waals surface area contributed by atoms with Gasteiger partial charge in [-0.25, -0.2) is 0 Å². The fraction of sp³-hybridized carbons (Fsp3) is 0.556. The first-order valence-electron chi connectivity index (χ1n) is 3.39. The molecule has 0 radical (unpaired) electrons. The molecule has 0 saturated heterocycles. The van der Waals surface area contributed by atoms with Crippen LogP contribution in [-0.2, 0) is 39.6 Å². The molecule has 0 amide bonds. The van der Waals surface area contributed by atoms with E-state index in [0.29, 0.717) is 22.4 Å². The van der Waals surface area contributed by atoms with Gasteiger partial charge in [-0.1, -0.05) is 0 Å². The van der Waals surface area contributed by atoms with Crippen LogP contribution in [0.2, 0.25) is 9.12 Å². The SMILES string of the molecule is [CH3][Pt+2][C]1(C)C=CC(C)=C1C.[Pt+2]. The Morgan fingerprint density at radius 1 is 1.36 bits per heavy atom. The van der Waals surface area contributed by atoms with Crippen molar-refractivity contribution in [1.82, 2.24) is 0 Å². The summed E-state index contributed by atoms with van der Waals surface area (Å²) in [6.07, 6.45) is 4.63. The Morgan fingerprint density at radius 2 is 1.91 bits per heavy atom. The summed E-state index contributed by atoms with van der Waals surface area (Å²) in [7, 11) is 0. The van der Waals surface area contributed by atoms with E-state index in [2.05, 4.69) is 38.2 Å². The zero-order valence-electron chi connectivity index (χ0n) is 7.29. The molecular weight excluding hydrogens is 498 g/mol. The molecule has 1 aliphatic rings. The Balaban J connectivity index is 0.000001000. The largest absolute Gasteiger partial charge is 2.00 e. The zero-order valence-corrected chi connectivity index (χ0v) is 11.8. The van der Waals surface area contributed by atoms with Crippen molar-refractivity contribution in [3.05, 3.63) is 23.3 Å². The van der Waals surface area contributed by atoms with Crippen LogP contribution >= 0.6 is 0 Å². The molecule has 0 aromatic carbocycles. The summed E-state index contributed by atoms with van der Waals surface area (Å²) in [4.78, 5) is 0. The summed E-state index contributed by atoms with van der Waals surface area (Å²) < 4.78 is 0.476. The molecule has 1 unspecified atom stereocenters. The average molecular weight is 512 g/mol. The third-order valence-electron chi connectivity index (χ3n) is 2.27. The van der Waals surface area contributed by atoms with Gasteiger partial charge in [-0.2, -0.15) is 0 Å². The van der Waals surface area contributed by atoms with Gasteiger partial charge in [0.25, 0.3) is 0 Å². The summed E-state index contributed by atoms with van der Waals surface area (Å²) in [5.41, 5.74) is 3.06. The van der Waals surface area contributed by atoms with Crippen LogP contribution in [0, 0.1) is 0 Å². The Morgan fingerprint density at radius 3 is 2.09 bits per heavy atom. The molecule has 0 heterocycles. The number of hydrogen-bond donors (Lipinski definition) is 0. The number of allylic oxidation sites excluding steroid dienone is 4. The summed E-state index contributed by atoms with van der Waals surface area (Å²) >= 11 is 0.299. The van der Waals surface area contributed by atoms with E-state index in [-0.39, 0.29) is 21.1 Å². The molecular formula is C9H14Pt2+4. The second-order valence-corrected chi connectivity index (χ2v) is 6.31. The van der Waals surface area contributed by atoms with Crippen LogP contribution in [-0.4, -0.2) is 0 Å². The first-order chi connectivity index (χ1) is 4.60. The molecule has 0 aromatic rings. The molecule has 1 rings (SSSR count). The van der Waals surface area contributed by atoms with E-state index in [1.165, 1.54) is 5.57 Å². The predicted octanol–water partition coefficient (Wildman–Crippen LogP) is 3.20. The number of rotatable bonds is 1. The minimum Gasteiger partial charge on any atom is 2.00 e. The van der Waals surface area contributed by atoms with Gasteiger partial charge in [-0.05, 0) is 0 Å².